The highest BCUT2D eigenvalue weighted by molar-refractivity contribution is 6.39. The van der Waals surface area contributed by atoms with Gasteiger partial charge in [-0.15, -0.1) is 0 Å². The van der Waals surface area contributed by atoms with Gasteiger partial charge in [-0.25, -0.2) is 4.79 Å². The van der Waals surface area contributed by atoms with E-state index in [1.165, 1.54) is 5.56 Å². The average Bonchev–Trinajstić information content (AvgIpc) is 3.09. The second-order valence-corrected chi connectivity index (χ2v) is 7.68. The van der Waals surface area contributed by atoms with E-state index in [9.17, 15) is 14.4 Å². The van der Waals surface area contributed by atoms with Crippen LogP contribution in [0.15, 0.2) is 51.7 Å². The number of hydrogen-bond donors (Lipinski definition) is 2. The van der Waals surface area contributed by atoms with Crippen molar-refractivity contribution in [2.45, 2.75) is 19.3 Å². The molecule has 7 nitrogen and oxygen atoms in total. The maximum absolute atomic E-state index is 12.5. The SMILES string of the molecule is O=C(Nc1ccc2oc(=O)[nH]c2c1)C(=O)N1CCC(Cc2ccc(Cl)cc2)CC1. The molecule has 0 spiro atoms. The van der Waals surface area contributed by atoms with Gasteiger partial charge in [0.1, 0.15) is 0 Å². The zero-order valence-corrected chi connectivity index (χ0v) is 16.4. The first-order valence-corrected chi connectivity index (χ1v) is 9.83. The highest BCUT2D eigenvalue weighted by Gasteiger charge is 2.27. The Hall–Kier alpha value is -3.06. The number of fused-ring (bicyclic) bond motifs is 1. The van der Waals surface area contributed by atoms with Crippen molar-refractivity contribution in [1.82, 2.24) is 9.88 Å². The number of aromatic amines is 1. The minimum atomic E-state index is -0.689. The molecule has 1 aromatic heterocycles. The number of nitrogens with zero attached hydrogens (tertiary/aromatic N) is 1. The second kappa shape index (κ2) is 8.13. The molecule has 1 aliphatic heterocycles. The Morgan fingerprint density at radius 1 is 1.14 bits per heavy atom. The van der Waals surface area contributed by atoms with E-state index in [0.29, 0.717) is 35.8 Å². The first-order valence-electron chi connectivity index (χ1n) is 9.45. The van der Waals surface area contributed by atoms with Crippen molar-refractivity contribution in [3.8, 4) is 0 Å². The summed E-state index contributed by atoms with van der Waals surface area (Å²) in [5.41, 5.74) is 2.50. The third kappa shape index (κ3) is 4.51. The Bertz CT molecular complexity index is 1100. The average molecular weight is 414 g/mol. The minimum Gasteiger partial charge on any atom is -0.408 e. The lowest BCUT2D eigenvalue weighted by Gasteiger charge is -2.31. The Morgan fingerprint density at radius 2 is 1.86 bits per heavy atom. The number of H-pyrrole nitrogens is 1. The molecule has 0 radical (unpaired) electrons. The van der Waals surface area contributed by atoms with Crippen molar-refractivity contribution in [3.63, 3.8) is 0 Å². The predicted octanol–water partition coefficient (Wildman–Crippen LogP) is 3.19. The number of aromatic nitrogens is 1. The first kappa shape index (κ1) is 19.3. The van der Waals surface area contributed by atoms with Crippen LogP contribution in [-0.4, -0.2) is 34.8 Å². The van der Waals surface area contributed by atoms with E-state index < -0.39 is 17.6 Å². The van der Waals surface area contributed by atoms with Crippen LogP contribution in [0.25, 0.3) is 11.1 Å². The number of piperidine rings is 1. The molecule has 2 N–H and O–H groups in total. The highest BCUT2D eigenvalue weighted by atomic mass is 35.5. The summed E-state index contributed by atoms with van der Waals surface area (Å²) in [6.45, 7) is 1.11. The van der Waals surface area contributed by atoms with Crippen LogP contribution in [0.1, 0.15) is 18.4 Å². The summed E-state index contributed by atoms with van der Waals surface area (Å²) < 4.78 is 4.92. The Labute approximate surface area is 171 Å². The van der Waals surface area contributed by atoms with Gasteiger partial charge in [0.15, 0.2) is 5.58 Å². The number of nitrogens with one attached hydrogen (secondary N) is 2. The van der Waals surface area contributed by atoms with Crippen molar-refractivity contribution in [2.24, 2.45) is 5.92 Å². The van der Waals surface area contributed by atoms with Gasteiger partial charge < -0.3 is 14.6 Å². The van der Waals surface area contributed by atoms with Crippen LogP contribution in [0.4, 0.5) is 5.69 Å². The van der Waals surface area contributed by atoms with Gasteiger partial charge in [-0.1, -0.05) is 23.7 Å². The predicted molar refractivity (Wildman–Crippen MR) is 110 cm³/mol. The smallest absolute Gasteiger partial charge is 0.408 e. The standard InChI is InChI=1S/C21H20ClN3O4/c22-15-3-1-13(2-4-15)11-14-7-9-25(10-8-14)20(27)19(26)23-16-5-6-18-17(12-16)24-21(28)29-18/h1-6,12,14H,7-11H2,(H,23,26)(H,24,28). The lowest BCUT2D eigenvalue weighted by Crippen LogP contribution is -2.44. The maximum atomic E-state index is 12.5. The van der Waals surface area contributed by atoms with E-state index >= 15 is 0 Å². The molecule has 8 heteroatoms. The van der Waals surface area contributed by atoms with Crippen molar-refractivity contribution in [1.29, 1.82) is 0 Å². The van der Waals surface area contributed by atoms with Gasteiger partial charge in [0.25, 0.3) is 0 Å². The number of amides is 2. The number of carbonyl (C=O) groups excluding carboxylic acids is 2. The summed E-state index contributed by atoms with van der Waals surface area (Å²) in [6, 6.07) is 12.5. The molecule has 0 unspecified atom stereocenters. The number of halogens is 1. The Balaban J connectivity index is 1.31. The Morgan fingerprint density at radius 3 is 2.59 bits per heavy atom. The van der Waals surface area contributed by atoms with E-state index in [1.807, 2.05) is 24.3 Å². The lowest BCUT2D eigenvalue weighted by molar-refractivity contribution is -0.144. The van der Waals surface area contributed by atoms with Crippen molar-refractivity contribution in [3.05, 3.63) is 63.6 Å². The van der Waals surface area contributed by atoms with Crippen LogP contribution in [0, 0.1) is 5.92 Å². The summed E-state index contributed by atoms with van der Waals surface area (Å²) >= 11 is 5.92. The molecular formula is C21H20ClN3O4. The fourth-order valence-electron chi connectivity index (χ4n) is 3.65. The molecule has 0 bridgehead atoms. The molecule has 2 aromatic carbocycles. The lowest BCUT2D eigenvalue weighted by atomic mass is 9.90. The van der Waals surface area contributed by atoms with Gasteiger partial charge in [-0.05, 0) is 61.1 Å². The summed E-state index contributed by atoms with van der Waals surface area (Å²) in [7, 11) is 0. The fourth-order valence-corrected chi connectivity index (χ4v) is 3.78. The van der Waals surface area contributed by atoms with Crippen LogP contribution >= 0.6 is 11.6 Å². The van der Waals surface area contributed by atoms with Crippen LogP contribution in [0.3, 0.4) is 0 Å². The maximum Gasteiger partial charge on any atom is 0.417 e. The third-order valence-corrected chi connectivity index (χ3v) is 5.46. The van der Waals surface area contributed by atoms with Gasteiger partial charge in [-0.2, -0.15) is 0 Å². The van der Waals surface area contributed by atoms with Crippen LogP contribution in [0.2, 0.25) is 5.02 Å². The van der Waals surface area contributed by atoms with Gasteiger partial charge in [0.05, 0.1) is 5.52 Å². The Kier molecular flexibility index (Phi) is 5.40. The molecule has 1 saturated heterocycles. The number of oxazole rings is 1. The summed E-state index contributed by atoms with van der Waals surface area (Å²) in [6.07, 6.45) is 2.64. The molecule has 4 rings (SSSR count). The summed E-state index contributed by atoms with van der Waals surface area (Å²) in [4.78, 5) is 40.2. The molecule has 3 aromatic rings. The van der Waals surface area contributed by atoms with E-state index in [2.05, 4.69) is 10.3 Å². The van der Waals surface area contributed by atoms with Crippen LogP contribution in [-0.2, 0) is 16.0 Å². The molecule has 150 valence electrons. The normalized spacial score (nSPS) is 14.9. The van der Waals surface area contributed by atoms with Crippen LogP contribution < -0.4 is 11.1 Å². The number of carbonyl (C=O) groups is 2. The van der Waals surface area contributed by atoms with E-state index in [-0.39, 0.29) is 0 Å². The molecule has 0 aliphatic carbocycles. The molecule has 0 atom stereocenters. The molecule has 1 aliphatic rings. The molecule has 2 heterocycles. The molecule has 1 fully saturated rings. The highest BCUT2D eigenvalue weighted by Crippen LogP contribution is 2.23. The van der Waals surface area contributed by atoms with Crippen molar-refractivity contribution >= 4 is 40.2 Å². The van der Waals surface area contributed by atoms with Crippen molar-refractivity contribution < 1.29 is 14.0 Å². The van der Waals surface area contributed by atoms with E-state index in [0.717, 1.165) is 24.3 Å². The third-order valence-electron chi connectivity index (χ3n) is 5.21. The number of anilines is 1. The molecule has 2 amide bonds. The summed E-state index contributed by atoms with van der Waals surface area (Å²) in [5.74, 6) is -1.33. The van der Waals surface area contributed by atoms with Crippen LogP contribution in [0.5, 0.6) is 0 Å². The zero-order valence-electron chi connectivity index (χ0n) is 15.6. The van der Waals surface area contributed by atoms with Gasteiger partial charge in [-0.3, -0.25) is 14.6 Å². The van der Waals surface area contributed by atoms with E-state index in [1.54, 1.807) is 23.1 Å². The monoisotopic (exact) mass is 413 g/mol. The largest absolute Gasteiger partial charge is 0.417 e. The zero-order chi connectivity index (χ0) is 20.4. The fraction of sp³-hybridized carbons (Fsp3) is 0.286. The quantitative estimate of drug-likeness (QED) is 0.644. The number of rotatable bonds is 3. The minimum absolute atomic E-state index is 0.391. The van der Waals surface area contributed by atoms with Gasteiger partial charge in [0.2, 0.25) is 0 Å². The number of likely N-dealkylation sites (tertiary alicyclic amines) is 1. The molecular weight excluding hydrogens is 394 g/mol. The van der Waals surface area contributed by atoms with Gasteiger partial charge >= 0.3 is 17.6 Å². The summed E-state index contributed by atoms with van der Waals surface area (Å²) in [5, 5.41) is 3.31. The number of hydrogen-bond acceptors (Lipinski definition) is 4. The van der Waals surface area contributed by atoms with Gasteiger partial charge in [0, 0.05) is 23.8 Å². The number of benzene rings is 2. The molecule has 0 saturated carbocycles. The topological polar surface area (TPSA) is 95.4 Å². The van der Waals surface area contributed by atoms with E-state index in [4.69, 9.17) is 16.0 Å². The second-order valence-electron chi connectivity index (χ2n) is 7.25. The molecule has 29 heavy (non-hydrogen) atoms. The van der Waals surface area contributed by atoms with Crippen molar-refractivity contribution in [2.75, 3.05) is 18.4 Å². The first-order chi connectivity index (χ1) is 14.0.